The molecule has 1 aromatic carbocycles. The van der Waals surface area contributed by atoms with Crippen molar-refractivity contribution in [1.29, 1.82) is 0 Å². The Labute approximate surface area is 82.7 Å². The lowest BCUT2D eigenvalue weighted by Gasteiger charge is -2.20. The number of amides is 1. The number of carbonyl (C=O) groups excluding carboxylic acids is 1. The van der Waals surface area contributed by atoms with E-state index in [0.29, 0.717) is 6.54 Å². The van der Waals surface area contributed by atoms with E-state index in [0.717, 1.165) is 5.56 Å². The Morgan fingerprint density at radius 2 is 2.07 bits per heavy atom. The molecule has 0 saturated heterocycles. The van der Waals surface area contributed by atoms with Crippen LogP contribution in [0.2, 0.25) is 0 Å². The Morgan fingerprint density at radius 3 is 2.57 bits per heavy atom. The predicted molar refractivity (Wildman–Crippen MR) is 53.1 cm³/mol. The van der Waals surface area contributed by atoms with Crippen LogP contribution in [0, 0.1) is 0 Å². The number of primary amides is 1. The van der Waals surface area contributed by atoms with Crippen molar-refractivity contribution in [3.05, 3.63) is 35.9 Å². The van der Waals surface area contributed by atoms with Gasteiger partial charge in [0.25, 0.3) is 5.91 Å². The fourth-order valence-corrected chi connectivity index (χ4v) is 0.957. The van der Waals surface area contributed by atoms with Crippen LogP contribution in [-0.2, 0) is 11.3 Å². The van der Waals surface area contributed by atoms with Gasteiger partial charge in [-0.15, -0.1) is 0 Å². The third-order valence-corrected chi connectivity index (χ3v) is 1.96. The molecule has 0 spiro atoms. The zero-order valence-corrected chi connectivity index (χ0v) is 8.03. The van der Waals surface area contributed by atoms with Crippen LogP contribution in [0.25, 0.3) is 0 Å². The van der Waals surface area contributed by atoms with Gasteiger partial charge in [-0.3, -0.25) is 10.1 Å². The molecule has 0 radical (unpaired) electrons. The number of rotatable bonds is 4. The Balaban J connectivity index is 2.53. The first-order chi connectivity index (χ1) is 6.52. The number of hydrogen-bond donors (Lipinski definition) is 3. The van der Waals surface area contributed by atoms with Crippen LogP contribution >= 0.6 is 0 Å². The van der Waals surface area contributed by atoms with Gasteiger partial charge in [-0.1, -0.05) is 30.3 Å². The molecule has 1 rings (SSSR count). The van der Waals surface area contributed by atoms with E-state index in [1.165, 1.54) is 6.92 Å². The average Bonchev–Trinajstić information content (AvgIpc) is 2.16. The summed E-state index contributed by atoms with van der Waals surface area (Å²) in [5, 5.41) is 12.1. The highest BCUT2D eigenvalue weighted by Crippen LogP contribution is 2.02. The SMILES string of the molecule is CC(O)(NCc1ccccc1)C(N)=O. The minimum absolute atomic E-state index is 0.400. The second-order valence-electron chi connectivity index (χ2n) is 3.28. The summed E-state index contributed by atoms with van der Waals surface area (Å²) in [5.74, 6) is -0.784. The molecular weight excluding hydrogens is 180 g/mol. The second kappa shape index (κ2) is 4.21. The maximum Gasteiger partial charge on any atom is 0.264 e. The summed E-state index contributed by atoms with van der Waals surface area (Å²) in [6.45, 7) is 1.73. The van der Waals surface area contributed by atoms with E-state index < -0.39 is 11.6 Å². The van der Waals surface area contributed by atoms with Gasteiger partial charge in [0, 0.05) is 6.54 Å². The number of nitrogens with one attached hydrogen (secondary N) is 1. The molecule has 0 bridgehead atoms. The molecule has 0 aromatic heterocycles. The van der Waals surface area contributed by atoms with Crippen LogP contribution < -0.4 is 11.1 Å². The summed E-state index contributed by atoms with van der Waals surface area (Å²) in [5.41, 5.74) is 4.31. The van der Waals surface area contributed by atoms with Gasteiger partial charge in [-0.05, 0) is 12.5 Å². The van der Waals surface area contributed by atoms with Gasteiger partial charge in [0.15, 0.2) is 5.72 Å². The highest BCUT2D eigenvalue weighted by molar-refractivity contribution is 5.82. The van der Waals surface area contributed by atoms with E-state index in [1.54, 1.807) is 0 Å². The molecule has 1 unspecified atom stereocenters. The quantitative estimate of drug-likeness (QED) is 0.589. The highest BCUT2D eigenvalue weighted by Gasteiger charge is 2.26. The van der Waals surface area contributed by atoms with Gasteiger partial charge in [-0.25, -0.2) is 0 Å². The second-order valence-corrected chi connectivity index (χ2v) is 3.28. The van der Waals surface area contributed by atoms with Gasteiger partial charge in [0.05, 0.1) is 0 Å². The summed E-state index contributed by atoms with van der Waals surface area (Å²) >= 11 is 0. The zero-order chi connectivity index (χ0) is 10.6. The molecule has 1 aromatic rings. The number of nitrogens with two attached hydrogens (primary N) is 1. The summed E-state index contributed by atoms with van der Waals surface area (Å²) in [7, 11) is 0. The summed E-state index contributed by atoms with van der Waals surface area (Å²) < 4.78 is 0. The van der Waals surface area contributed by atoms with E-state index in [1.807, 2.05) is 30.3 Å². The number of hydrogen-bond acceptors (Lipinski definition) is 3. The standard InChI is InChI=1S/C10H14N2O2/c1-10(14,9(11)13)12-7-8-5-3-2-4-6-8/h2-6,12,14H,7H2,1H3,(H2,11,13). The van der Waals surface area contributed by atoms with E-state index in [4.69, 9.17) is 5.73 Å². The molecule has 0 heterocycles. The largest absolute Gasteiger partial charge is 0.368 e. The maximum absolute atomic E-state index is 10.8. The molecule has 76 valence electrons. The molecule has 0 fully saturated rings. The summed E-state index contributed by atoms with van der Waals surface area (Å²) in [6, 6.07) is 9.45. The van der Waals surface area contributed by atoms with Gasteiger partial charge in [0.1, 0.15) is 0 Å². The number of carbonyl (C=O) groups is 1. The molecule has 14 heavy (non-hydrogen) atoms. The van der Waals surface area contributed by atoms with Crippen molar-refractivity contribution in [1.82, 2.24) is 5.32 Å². The maximum atomic E-state index is 10.8. The molecule has 0 aliphatic heterocycles. The summed E-state index contributed by atoms with van der Waals surface area (Å²) in [6.07, 6.45) is 0. The van der Waals surface area contributed by atoms with Gasteiger partial charge in [0.2, 0.25) is 0 Å². The minimum Gasteiger partial charge on any atom is -0.368 e. The van der Waals surface area contributed by atoms with Crippen molar-refractivity contribution >= 4 is 5.91 Å². The number of aliphatic hydroxyl groups is 1. The Kier molecular flexibility index (Phi) is 3.22. The Bertz CT molecular complexity index is 309. The van der Waals surface area contributed by atoms with Crippen molar-refractivity contribution in [2.24, 2.45) is 5.73 Å². The lowest BCUT2D eigenvalue weighted by atomic mass is 10.2. The van der Waals surface area contributed by atoms with Crippen molar-refractivity contribution in [3.8, 4) is 0 Å². The lowest BCUT2D eigenvalue weighted by molar-refractivity contribution is -0.137. The first-order valence-electron chi connectivity index (χ1n) is 4.33. The fourth-order valence-electron chi connectivity index (χ4n) is 0.957. The average molecular weight is 194 g/mol. The number of benzene rings is 1. The first kappa shape index (κ1) is 10.7. The molecule has 0 aliphatic rings. The molecule has 1 atom stereocenters. The van der Waals surface area contributed by atoms with Crippen LogP contribution in [0.1, 0.15) is 12.5 Å². The molecule has 4 N–H and O–H groups in total. The van der Waals surface area contributed by atoms with Crippen LogP contribution in [-0.4, -0.2) is 16.7 Å². The summed E-state index contributed by atoms with van der Waals surface area (Å²) in [4.78, 5) is 10.8. The normalized spacial score (nSPS) is 14.7. The van der Waals surface area contributed by atoms with Crippen molar-refractivity contribution in [3.63, 3.8) is 0 Å². The lowest BCUT2D eigenvalue weighted by Crippen LogP contribution is -2.52. The van der Waals surface area contributed by atoms with Crippen molar-refractivity contribution in [2.75, 3.05) is 0 Å². The fraction of sp³-hybridized carbons (Fsp3) is 0.300. The van der Waals surface area contributed by atoms with Gasteiger partial charge in [-0.2, -0.15) is 0 Å². The van der Waals surface area contributed by atoms with Crippen LogP contribution in [0.3, 0.4) is 0 Å². The zero-order valence-electron chi connectivity index (χ0n) is 8.03. The third kappa shape index (κ3) is 2.83. The monoisotopic (exact) mass is 194 g/mol. The molecule has 0 aliphatic carbocycles. The molecular formula is C10H14N2O2. The van der Waals surface area contributed by atoms with Crippen molar-refractivity contribution < 1.29 is 9.90 Å². The van der Waals surface area contributed by atoms with Gasteiger partial charge < -0.3 is 10.8 Å². The Hall–Kier alpha value is -1.39. The predicted octanol–water partition coefficient (Wildman–Crippen LogP) is -0.0300. The smallest absolute Gasteiger partial charge is 0.264 e. The van der Waals surface area contributed by atoms with Crippen LogP contribution in [0.4, 0.5) is 0 Å². The van der Waals surface area contributed by atoms with Crippen molar-refractivity contribution in [2.45, 2.75) is 19.2 Å². The Morgan fingerprint density at radius 1 is 1.50 bits per heavy atom. The van der Waals surface area contributed by atoms with Gasteiger partial charge >= 0.3 is 0 Å². The molecule has 1 amide bonds. The third-order valence-electron chi connectivity index (χ3n) is 1.96. The topological polar surface area (TPSA) is 75.3 Å². The van der Waals surface area contributed by atoms with Crippen LogP contribution in [0.15, 0.2) is 30.3 Å². The van der Waals surface area contributed by atoms with E-state index in [-0.39, 0.29) is 0 Å². The van der Waals surface area contributed by atoms with Crippen LogP contribution in [0.5, 0.6) is 0 Å². The molecule has 4 heteroatoms. The molecule has 0 saturated carbocycles. The van der Waals surface area contributed by atoms with E-state index >= 15 is 0 Å². The minimum atomic E-state index is -1.66. The van der Waals surface area contributed by atoms with E-state index in [2.05, 4.69) is 5.32 Å². The van der Waals surface area contributed by atoms with E-state index in [9.17, 15) is 9.90 Å². The highest BCUT2D eigenvalue weighted by atomic mass is 16.3. The first-order valence-corrected chi connectivity index (χ1v) is 4.33. The molecule has 4 nitrogen and oxygen atoms in total.